The SMILES string of the molecule is CCN(CC(=O)NCCO)C(C)CN(C)C. The predicted octanol–water partition coefficient (Wildman–Crippen LogP) is -0.633. The number of amides is 1. The summed E-state index contributed by atoms with van der Waals surface area (Å²) in [6.07, 6.45) is 0. The number of nitrogens with zero attached hydrogens (tertiary/aromatic N) is 2. The summed E-state index contributed by atoms with van der Waals surface area (Å²) in [5.74, 6) is -0.0264. The van der Waals surface area contributed by atoms with Crippen LogP contribution in [0.2, 0.25) is 0 Å². The summed E-state index contributed by atoms with van der Waals surface area (Å²) in [6.45, 7) is 6.66. The van der Waals surface area contributed by atoms with Gasteiger partial charge in [-0.05, 0) is 27.6 Å². The van der Waals surface area contributed by atoms with Crippen molar-refractivity contribution >= 4 is 5.91 Å². The highest BCUT2D eigenvalue weighted by molar-refractivity contribution is 5.78. The maximum absolute atomic E-state index is 11.5. The molecular weight excluding hydrogens is 206 g/mol. The molecule has 0 radical (unpaired) electrons. The first-order valence-electron chi connectivity index (χ1n) is 5.77. The van der Waals surface area contributed by atoms with Gasteiger partial charge in [-0.3, -0.25) is 9.69 Å². The number of carbonyl (C=O) groups is 1. The fraction of sp³-hybridized carbons (Fsp3) is 0.909. The third-order valence-electron chi connectivity index (χ3n) is 2.44. The van der Waals surface area contributed by atoms with Gasteiger partial charge in [-0.25, -0.2) is 0 Å². The number of hydrogen-bond acceptors (Lipinski definition) is 4. The van der Waals surface area contributed by atoms with Gasteiger partial charge in [-0.2, -0.15) is 0 Å². The van der Waals surface area contributed by atoms with Crippen molar-refractivity contribution in [3.8, 4) is 0 Å². The quantitative estimate of drug-likeness (QED) is 0.584. The summed E-state index contributed by atoms with van der Waals surface area (Å²) >= 11 is 0. The van der Waals surface area contributed by atoms with E-state index < -0.39 is 0 Å². The third kappa shape index (κ3) is 6.76. The maximum atomic E-state index is 11.5. The number of nitrogens with one attached hydrogen (secondary N) is 1. The lowest BCUT2D eigenvalue weighted by Gasteiger charge is -2.29. The van der Waals surface area contributed by atoms with Gasteiger partial charge in [0.15, 0.2) is 0 Å². The first kappa shape index (κ1) is 15.3. The molecule has 0 aliphatic carbocycles. The molecule has 0 rings (SSSR count). The van der Waals surface area contributed by atoms with E-state index in [1.54, 1.807) is 0 Å². The summed E-state index contributed by atoms with van der Waals surface area (Å²) < 4.78 is 0. The Kier molecular flexibility index (Phi) is 8.15. The zero-order chi connectivity index (χ0) is 12.6. The van der Waals surface area contributed by atoms with Gasteiger partial charge in [0.2, 0.25) is 5.91 Å². The summed E-state index contributed by atoms with van der Waals surface area (Å²) in [5, 5.41) is 11.3. The van der Waals surface area contributed by atoms with Crippen molar-refractivity contribution in [1.29, 1.82) is 0 Å². The zero-order valence-electron chi connectivity index (χ0n) is 10.9. The molecule has 1 amide bonds. The van der Waals surface area contributed by atoms with Gasteiger partial charge < -0.3 is 15.3 Å². The van der Waals surface area contributed by atoms with E-state index in [4.69, 9.17) is 5.11 Å². The Morgan fingerprint density at radius 2 is 2.06 bits per heavy atom. The number of likely N-dealkylation sites (N-methyl/N-ethyl adjacent to an activating group) is 2. The predicted molar refractivity (Wildman–Crippen MR) is 65.4 cm³/mol. The summed E-state index contributed by atoms with van der Waals surface area (Å²) in [5.41, 5.74) is 0. The van der Waals surface area contributed by atoms with Crippen LogP contribution in [-0.4, -0.2) is 73.7 Å². The second-order valence-corrected chi connectivity index (χ2v) is 4.25. The lowest BCUT2D eigenvalue weighted by molar-refractivity contribution is -0.122. The molecule has 5 nitrogen and oxygen atoms in total. The standard InChI is InChI=1S/C11H25N3O2/c1-5-14(10(2)8-13(3)4)9-11(16)12-6-7-15/h10,15H,5-9H2,1-4H3,(H,12,16). The van der Waals surface area contributed by atoms with Crippen LogP contribution in [0.3, 0.4) is 0 Å². The van der Waals surface area contributed by atoms with Crippen molar-refractivity contribution in [2.75, 3.05) is 46.9 Å². The Balaban J connectivity index is 4.02. The molecule has 0 heterocycles. The van der Waals surface area contributed by atoms with Crippen LogP contribution in [0.15, 0.2) is 0 Å². The van der Waals surface area contributed by atoms with Gasteiger partial charge in [0.1, 0.15) is 0 Å². The molecule has 0 aromatic carbocycles. The van der Waals surface area contributed by atoms with E-state index in [2.05, 4.69) is 22.0 Å². The van der Waals surface area contributed by atoms with E-state index in [-0.39, 0.29) is 12.5 Å². The Morgan fingerprint density at radius 1 is 1.44 bits per heavy atom. The Morgan fingerprint density at radius 3 is 2.50 bits per heavy atom. The van der Waals surface area contributed by atoms with Crippen LogP contribution < -0.4 is 5.32 Å². The topological polar surface area (TPSA) is 55.8 Å². The van der Waals surface area contributed by atoms with Crippen LogP contribution in [-0.2, 0) is 4.79 Å². The average Bonchev–Trinajstić information content (AvgIpc) is 2.21. The molecule has 2 N–H and O–H groups in total. The molecule has 96 valence electrons. The second-order valence-electron chi connectivity index (χ2n) is 4.25. The molecular formula is C11H25N3O2. The van der Waals surface area contributed by atoms with Crippen LogP contribution in [0.25, 0.3) is 0 Å². The number of rotatable bonds is 8. The van der Waals surface area contributed by atoms with Gasteiger partial charge in [0, 0.05) is 19.1 Å². The molecule has 0 aliphatic heterocycles. The summed E-state index contributed by atoms with van der Waals surface area (Å²) in [6, 6.07) is 0.347. The van der Waals surface area contributed by atoms with E-state index in [1.807, 2.05) is 21.0 Å². The van der Waals surface area contributed by atoms with Gasteiger partial charge in [0.25, 0.3) is 0 Å². The Hall–Kier alpha value is -0.650. The van der Waals surface area contributed by atoms with Crippen molar-refractivity contribution in [3.05, 3.63) is 0 Å². The molecule has 0 aromatic rings. The van der Waals surface area contributed by atoms with E-state index in [9.17, 15) is 4.79 Å². The van der Waals surface area contributed by atoms with Gasteiger partial charge in [-0.1, -0.05) is 6.92 Å². The van der Waals surface area contributed by atoms with Crippen LogP contribution >= 0.6 is 0 Å². The minimum absolute atomic E-state index is 0.00881. The zero-order valence-corrected chi connectivity index (χ0v) is 10.9. The van der Waals surface area contributed by atoms with Crippen LogP contribution in [0.4, 0.5) is 0 Å². The van der Waals surface area contributed by atoms with E-state index in [1.165, 1.54) is 0 Å². The van der Waals surface area contributed by atoms with Crippen molar-refractivity contribution in [2.24, 2.45) is 0 Å². The van der Waals surface area contributed by atoms with Crippen LogP contribution in [0.5, 0.6) is 0 Å². The number of aliphatic hydroxyl groups excluding tert-OH is 1. The maximum Gasteiger partial charge on any atom is 0.234 e. The Labute approximate surface area is 98.4 Å². The van der Waals surface area contributed by atoms with Gasteiger partial charge in [0.05, 0.1) is 13.2 Å². The van der Waals surface area contributed by atoms with Crippen molar-refractivity contribution in [2.45, 2.75) is 19.9 Å². The highest BCUT2D eigenvalue weighted by atomic mass is 16.3. The van der Waals surface area contributed by atoms with Crippen molar-refractivity contribution in [3.63, 3.8) is 0 Å². The van der Waals surface area contributed by atoms with Crippen molar-refractivity contribution < 1.29 is 9.90 Å². The molecule has 0 saturated heterocycles. The number of carbonyl (C=O) groups excluding carboxylic acids is 1. The van der Waals surface area contributed by atoms with Gasteiger partial charge in [-0.15, -0.1) is 0 Å². The molecule has 0 saturated carbocycles. The molecule has 0 aliphatic rings. The molecule has 0 spiro atoms. The number of hydrogen-bond donors (Lipinski definition) is 2. The second kappa shape index (κ2) is 8.50. The average molecular weight is 231 g/mol. The largest absolute Gasteiger partial charge is 0.395 e. The monoisotopic (exact) mass is 231 g/mol. The van der Waals surface area contributed by atoms with Crippen LogP contribution in [0, 0.1) is 0 Å². The molecule has 0 aromatic heterocycles. The third-order valence-corrected chi connectivity index (χ3v) is 2.44. The van der Waals surface area contributed by atoms with Crippen molar-refractivity contribution in [1.82, 2.24) is 15.1 Å². The lowest BCUT2D eigenvalue weighted by atomic mass is 10.2. The molecule has 0 bridgehead atoms. The Bertz CT molecular complexity index is 198. The van der Waals surface area contributed by atoms with E-state index >= 15 is 0 Å². The minimum Gasteiger partial charge on any atom is -0.395 e. The van der Waals surface area contributed by atoms with Gasteiger partial charge >= 0.3 is 0 Å². The highest BCUT2D eigenvalue weighted by Gasteiger charge is 2.15. The lowest BCUT2D eigenvalue weighted by Crippen LogP contribution is -2.45. The normalized spacial score (nSPS) is 13.2. The fourth-order valence-electron chi connectivity index (χ4n) is 1.66. The number of aliphatic hydroxyl groups is 1. The molecule has 1 atom stereocenters. The minimum atomic E-state index is -0.0264. The highest BCUT2D eigenvalue weighted by Crippen LogP contribution is 1.99. The fourth-order valence-corrected chi connectivity index (χ4v) is 1.66. The summed E-state index contributed by atoms with van der Waals surface area (Å²) in [7, 11) is 4.05. The first-order valence-corrected chi connectivity index (χ1v) is 5.77. The van der Waals surface area contributed by atoms with E-state index in [0.717, 1.165) is 13.1 Å². The smallest absolute Gasteiger partial charge is 0.234 e. The molecule has 1 unspecified atom stereocenters. The molecule has 16 heavy (non-hydrogen) atoms. The molecule has 0 fully saturated rings. The van der Waals surface area contributed by atoms with E-state index in [0.29, 0.717) is 19.1 Å². The summed E-state index contributed by atoms with van der Waals surface area (Å²) in [4.78, 5) is 15.7. The first-order chi connectivity index (χ1) is 7.51. The molecule has 5 heteroatoms. The van der Waals surface area contributed by atoms with Crippen LogP contribution in [0.1, 0.15) is 13.8 Å².